The van der Waals surface area contributed by atoms with Gasteiger partial charge in [0.25, 0.3) is 5.56 Å². The molecule has 39 heavy (non-hydrogen) atoms. The van der Waals surface area contributed by atoms with E-state index in [2.05, 4.69) is 10.1 Å². The molecule has 1 aliphatic rings. The third kappa shape index (κ3) is 5.18. The maximum atomic E-state index is 13.6. The molecule has 0 bridgehead atoms. The highest BCUT2D eigenvalue weighted by atomic mass is 35.5. The van der Waals surface area contributed by atoms with E-state index in [0.29, 0.717) is 6.42 Å². The first-order valence-corrected chi connectivity index (χ1v) is 13.9. The molecule has 1 unspecified atom stereocenters. The molecule has 0 saturated carbocycles. The fraction of sp³-hybridized carbons (Fsp3) is 0.192. The Kier molecular flexibility index (Phi) is 7.02. The lowest BCUT2D eigenvalue weighted by atomic mass is 9.82. The zero-order chi connectivity index (χ0) is 27.9. The fourth-order valence-electron chi connectivity index (χ4n) is 4.53. The number of nitrogens with zero attached hydrogens (tertiary/aromatic N) is 3. The average Bonchev–Trinajstić information content (AvgIpc) is 3.32. The van der Waals surface area contributed by atoms with Crippen LogP contribution in [-0.4, -0.2) is 45.7 Å². The monoisotopic (exact) mass is 588 g/mol. The van der Waals surface area contributed by atoms with Crippen molar-refractivity contribution in [3.8, 4) is 22.9 Å². The van der Waals surface area contributed by atoms with E-state index in [0.717, 1.165) is 16.4 Å². The summed E-state index contributed by atoms with van der Waals surface area (Å²) in [7, 11) is -4.07. The van der Waals surface area contributed by atoms with Crippen molar-refractivity contribution < 1.29 is 18.3 Å². The Labute approximate surface area is 233 Å². The fourth-order valence-corrected chi connectivity index (χ4v) is 6.74. The van der Waals surface area contributed by atoms with Crippen molar-refractivity contribution in [3.63, 3.8) is 0 Å². The van der Waals surface area contributed by atoms with Crippen LogP contribution in [0.4, 0.5) is 0 Å². The van der Waals surface area contributed by atoms with Gasteiger partial charge in [0.2, 0.25) is 10.0 Å². The molecular formula is C26H22Cl2N4O6S. The summed E-state index contributed by atoms with van der Waals surface area (Å²) < 4.78 is 35.2. The normalized spacial score (nSPS) is 17.8. The van der Waals surface area contributed by atoms with E-state index in [4.69, 9.17) is 27.9 Å². The number of benzene rings is 3. The van der Waals surface area contributed by atoms with Gasteiger partial charge in [0.05, 0.1) is 15.7 Å². The number of phenols is 1. The SMILES string of the molecule is CC1(c2ccccc2)CCN(S(=O)(=O)c2cc(Oc3c(Cl)cc(-n4ncc(=O)[nH]c4=O)cc3Cl)ccc2O)C1. The quantitative estimate of drug-likeness (QED) is 0.346. The number of H-pyrrole nitrogens is 1. The molecule has 2 heterocycles. The zero-order valence-corrected chi connectivity index (χ0v) is 22.8. The van der Waals surface area contributed by atoms with Gasteiger partial charge < -0.3 is 9.84 Å². The zero-order valence-electron chi connectivity index (χ0n) is 20.5. The number of aromatic amines is 1. The first kappa shape index (κ1) is 26.9. The smallest absolute Gasteiger partial charge is 0.349 e. The van der Waals surface area contributed by atoms with Gasteiger partial charge in [-0.25, -0.2) is 13.2 Å². The standard InChI is InChI=1S/C26H22Cl2N4O6S/c1-26(16-5-3-2-4-6-16)9-10-31(15-26)39(36,37)22-13-18(7-8-21(22)33)38-24-19(27)11-17(12-20(24)28)32-25(35)30-23(34)14-29-32/h2-8,11-14,33H,9-10,15H2,1H3,(H,30,34,35). The van der Waals surface area contributed by atoms with Crippen LogP contribution >= 0.6 is 23.2 Å². The van der Waals surface area contributed by atoms with E-state index < -0.39 is 27.0 Å². The predicted octanol–water partition coefficient (Wildman–Crippen LogP) is 4.08. The summed E-state index contributed by atoms with van der Waals surface area (Å²) >= 11 is 12.7. The highest BCUT2D eigenvalue weighted by Gasteiger charge is 2.41. The average molecular weight is 589 g/mol. The number of hydrogen-bond donors (Lipinski definition) is 2. The summed E-state index contributed by atoms with van der Waals surface area (Å²) in [4.78, 5) is 25.1. The topological polar surface area (TPSA) is 135 Å². The van der Waals surface area contributed by atoms with E-state index in [9.17, 15) is 23.1 Å². The maximum absolute atomic E-state index is 13.6. The van der Waals surface area contributed by atoms with Gasteiger partial charge in [0, 0.05) is 24.6 Å². The molecule has 0 amide bonds. The first-order valence-electron chi connectivity index (χ1n) is 11.7. The van der Waals surface area contributed by atoms with Crippen LogP contribution in [0.3, 0.4) is 0 Å². The lowest BCUT2D eigenvalue weighted by Crippen LogP contribution is -2.33. The summed E-state index contributed by atoms with van der Waals surface area (Å²) in [6.07, 6.45) is 1.55. The van der Waals surface area contributed by atoms with Gasteiger partial charge in [-0.2, -0.15) is 14.1 Å². The van der Waals surface area contributed by atoms with Crippen LogP contribution in [0.5, 0.6) is 17.2 Å². The third-order valence-corrected chi connectivity index (χ3v) is 9.05. The molecule has 4 aromatic rings. The van der Waals surface area contributed by atoms with Crippen molar-refractivity contribution in [1.82, 2.24) is 19.1 Å². The van der Waals surface area contributed by atoms with Crippen molar-refractivity contribution in [3.05, 3.63) is 103 Å². The van der Waals surface area contributed by atoms with E-state index in [-0.39, 0.29) is 50.6 Å². The summed E-state index contributed by atoms with van der Waals surface area (Å²) in [6, 6.07) is 16.2. The molecule has 0 radical (unpaired) electrons. The van der Waals surface area contributed by atoms with Crippen LogP contribution in [0.15, 0.2) is 81.3 Å². The number of sulfonamides is 1. The van der Waals surface area contributed by atoms with Crippen molar-refractivity contribution >= 4 is 33.2 Å². The molecule has 202 valence electrons. The van der Waals surface area contributed by atoms with Crippen LogP contribution in [0.1, 0.15) is 18.9 Å². The van der Waals surface area contributed by atoms with Crippen molar-refractivity contribution in [2.45, 2.75) is 23.7 Å². The molecule has 1 fully saturated rings. The first-order chi connectivity index (χ1) is 18.5. The molecule has 1 aromatic heterocycles. The van der Waals surface area contributed by atoms with E-state index in [1.807, 2.05) is 37.3 Å². The molecule has 1 saturated heterocycles. The Hall–Kier alpha value is -3.64. The highest BCUT2D eigenvalue weighted by molar-refractivity contribution is 7.89. The van der Waals surface area contributed by atoms with Crippen molar-refractivity contribution in [2.24, 2.45) is 0 Å². The second-order valence-electron chi connectivity index (χ2n) is 9.34. The van der Waals surface area contributed by atoms with E-state index in [1.54, 1.807) is 0 Å². The Morgan fingerprint density at radius 1 is 1.05 bits per heavy atom. The van der Waals surface area contributed by atoms with Crippen LogP contribution in [0.2, 0.25) is 10.0 Å². The molecule has 5 rings (SSSR count). The molecular weight excluding hydrogens is 567 g/mol. The van der Waals surface area contributed by atoms with Gasteiger partial charge in [-0.05, 0) is 36.2 Å². The second kappa shape index (κ2) is 10.2. The predicted molar refractivity (Wildman–Crippen MR) is 146 cm³/mol. The molecule has 13 heteroatoms. The minimum Gasteiger partial charge on any atom is -0.507 e. The van der Waals surface area contributed by atoms with Gasteiger partial charge >= 0.3 is 5.69 Å². The minimum atomic E-state index is -4.07. The van der Waals surface area contributed by atoms with Crippen molar-refractivity contribution in [1.29, 1.82) is 0 Å². The Morgan fingerprint density at radius 3 is 2.41 bits per heavy atom. The largest absolute Gasteiger partial charge is 0.507 e. The van der Waals surface area contributed by atoms with Gasteiger partial charge in [0.15, 0.2) is 5.75 Å². The third-order valence-electron chi connectivity index (χ3n) is 6.62. The van der Waals surface area contributed by atoms with E-state index >= 15 is 0 Å². The molecule has 3 aromatic carbocycles. The molecule has 2 N–H and O–H groups in total. The lowest BCUT2D eigenvalue weighted by Gasteiger charge is -2.25. The molecule has 0 spiro atoms. The number of hydrogen-bond acceptors (Lipinski definition) is 7. The maximum Gasteiger partial charge on any atom is 0.349 e. The minimum absolute atomic E-state index is 0.00643. The molecule has 1 atom stereocenters. The number of phenolic OH excluding ortho intramolecular Hbond substituents is 1. The number of ether oxygens (including phenoxy) is 1. The number of halogens is 2. The highest BCUT2D eigenvalue weighted by Crippen LogP contribution is 2.41. The van der Waals surface area contributed by atoms with Crippen LogP contribution in [-0.2, 0) is 15.4 Å². The van der Waals surface area contributed by atoms with Gasteiger partial charge in [-0.1, -0.05) is 60.5 Å². The Bertz CT molecular complexity index is 1770. The molecule has 1 aliphatic heterocycles. The van der Waals surface area contributed by atoms with Crippen LogP contribution in [0.25, 0.3) is 5.69 Å². The van der Waals surface area contributed by atoms with Crippen LogP contribution < -0.4 is 16.0 Å². The van der Waals surface area contributed by atoms with Gasteiger partial charge in [-0.15, -0.1) is 0 Å². The van der Waals surface area contributed by atoms with Crippen LogP contribution in [0, 0.1) is 0 Å². The summed E-state index contributed by atoms with van der Waals surface area (Å²) in [6.45, 7) is 2.55. The second-order valence-corrected chi connectivity index (χ2v) is 12.1. The number of aromatic hydroxyl groups is 1. The van der Waals surface area contributed by atoms with Gasteiger partial charge in [0.1, 0.15) is 22.6 Å². The lowest BCUT2D eigenvalue weighted by molar-refractivity contribution is 0.423. The Balaban J connectivity index is 1.43. The summed E-state index contributed by atoms with van der Waals surface area (Å²) in [5, 5.41) is 14.2. The molecule has 0 aliphatic carbocycles. The molecule has 10 nitrogen and oxygen atoms in total. The number of aromatic nitrogens is 3. The van der Waals surface area contributed by atoms with Crippen molar-refractivity contribution in [2.75, 3.05) is 13.1 Å². The summed E-state index contributed by atoms with van der Waals surface area (Å²) in [5.74, 6) is -0.370. The van der Waals surface area contributed by atoms with E-state index in [1.165, 1.54) is 34.6 Å². The summed E-state index contributed by atoms with van der Waals surface area (Å²) in [5.41, 5.74) is -0.616. The number of nitrogens with one attached hydrogen (secondary N) is 1. The van der Waals surface area contributed by atoms with Gasteiger partial charge in [-0.3, -0.25) is 9.78 Å². The number of rotatable bonds is 6. The Morgan fingerprint density at radius 2 is 1.74 bits per heavy atom.